The number of nitrogens with zero attached hydrogens (tertiary/aromatic N) is 2. The minimum atomic E-state index is 0.490. The molecule has 4 heteroatoms. The van der Waals surface area contributed by atoms with Gasteiger partial charge in [0.15, 0.2) is 0 Å². The van der Waals surface area contributed by atoms with Crippen LogP contribution in [-0.4, -0.2) is 36.1 Å². The van der Waals surface area contributed by atoms with Crippen LogP contribution >= 0.6 is 11.3 Å². The number of piperidine rings is 2. The van der Waals surface area contributed by atoms with Crippen molar-refractivity contribution in [1.82, 2.24) is 15.2 Å². The minimum absolute atomic E-state index is 0.490. The van der Waals surface area contributed by atoms with Gasteiger partial charge in [-0.3, -0.25) is 4.90 Å². The van der Waals surface area contributed by atoms with Crippen molar-refractivity contribution in [3.63, 3.8) is 0 Å². The van der Waals surface area contributed by atoms with E-state index in [4.69, 9.17) is 0 Å². The first-order valence-corrected chi connectivity index (χ1v) is 8.01. The molecule has 2 unspecified atom stereocenters. The van der Waals surface area contributed by atoms with Crippen LogP contribution in [0.15, 0.2) is 11.6 Å². The minimum Gasteiger partial charge on any atom is -0.316 e. The largest absolute Gasteiger partial charge is 0.316 e. The fraction of sp³-hybridized carbons (Fsp3) is 0.786. The molecule has 1 aromatic rings. The maximum atomic E-state index is 4.49. The smallest absolute Gasteiger partial charge is 0.109 e. The number of aromatic nitrogens is 1. The SMILES string of the molecule is CC(c1nccs1)N1CCCC2(CCCNC2)C1. The van der Waals surface area contributed by atoms with Gasteiger partial charge in [0, 0.05) is 24.7 Å². The maximum Gasteiger partial charge on any atom is 0.109 e. The van der Waals surface area contributed by atoms with Gasteiger partial charge in [0.05, 0.1) is 6.04 Å². The first-order valence-electron chi connectivity index (χ1n) is 7.13. The van der Waals surface area contributed by atoms with E-state index in [-0.39, 0.29) is 0 Å². The lowest BCUT2D eigenvalue weighted by Gasteiger charge is -2.47. The summed E-state index contributed by atoms with van der Waals surface area (Å²) < 4.78 is 0. The Morgan fingerprint density at radius 1 is 1.44 bits per heavy atom. The summed E-state index contributed by atoms with van der Waals surface area (Å²) in [5.41, 5.74) is 0.544. The number of rotatable bonds is 2. The molecule has 2 fully saturated rings. The first-order chi connectivity index (χ1) is 8.79. The third-order valence-corrected chi connectivity index (χ3v) is 5.55. The van der Waals surface area contributed by atoms with Crippen molar-refractivity contribution in [2.24, 2.45) is 5.41 Å². The Labute approximate surface area is 114 Å². The van der Waals surface area contributed by atoms with Crippen LogP contribution in [0.4, 0.5) is 0 Å². The van der Waals surface area contributed by atoms with E-state index in [0.717, 1.165) is 0 Å². The van der Waals surface area contributed by atoms with E-state index in [9.17, 15) is 0 Å². The zero-order valence-electron chi connectivity index (χ0n) is 11.2. The molecular formula is C14H23N3S. The van der Waals surface area contributed by atoms with Crippen LogP contribution in [0.25, 0.3) is 0 Å². The van der Waals surface area contributed by atoms with Gasteiger partial charge in [-0.1, -0.05) is 0 Å². The molecule has 0 saturated carbocycles. The van der Waals surface area contributed by atoms with Crippen molar-refractivity contribution in [1.29, 1.82) is 0 Å². The summed E-state index contributed by atoms with van der Waals surface area (Å²) in [5.74, 6) is 0. The second kappa shape index (κ2) is 5.27. The highest BCUT2D eigenvalue weighted by molar-refractivity contribution is 7.09. The zero-order chi connectivity index (χ0) is 12.4. The van der Waals surface area contributed by atoms with Crippen LogP contribution in [0.1, 0.15) is 43.7 Å². The summed E-state index contributed by atoms with van der Waals surface area (Å²) in [4.78, 5) is 7.13. The molecule has 0 aliphatic carbocycles. The molecule has 2 atom stereocenters. The van der Waals surface area contributed by atoms with Crippen molar-refractivity contribution in [3.05, 3.63) is 16.6 Å². The van der Waals surface area contributed by atoms with E-state index in [2.05, 4.69) is 27.5 Å². The van der Waals surface area contributed by atoms with Gasteiger partial charge < -0.3 is 5.32 Å². The van der Waals surface area contributed by atoms with Crippen molar-refractivity contribution < 1.29 is 0 Å². The molecule has 2 aliphatic rings. The Kier molecular flexibility index (Phi) is 3.68. The average Bonchev–Trinajstić information content (AvgIpc) is 2.93. The van der Waals surface area contributed by atoms with Crippen molar-refractivity contribution in [3.8, 4) is 0 Å². The summed E-state index contributed by atoms with van der Waals surface area (Å²) in [6.45, 7) is 7.23. The van der Waals surface area contributed by atoms with Gasteiger partial charge >= 0.3 is 0 Å². The summed E-state index contributed by atoms with van der Waals surface area (Å²) >= 11 is 1.79. The van der Waals surface area contributed by atoms with Gasteiger partial charge in [-0.05, 0) is 51.1 Å². The van der Waals surface area contributed by atoms with Crippen LogP contribution < -0.4 is 5.32 Å². The lowest BCUT2D eigenvalue weighted by atomic mass is 9.74. The molecule has 3 rings (SSSR count). The Morgan fingerprint density at radius 2 is 2.33 bits per heavy atom. The standard InChI is InChI=1S/C14H23N3S/c1-12(13-16-7-9-18-13)17-8-3-5-14(11-17)4-2-6-15-10-14/h7,9,12,15H,2-6,8,10-11H2,1H3. The lowest BCUT2D eigenvalue weighted by Crippen LogP contribution is -2.51. The molecule has 0 aromatic carbocycles. The summed E-state index contributed by atoms with van der Waals surface area (Å²) in [5, 5.41) is 6.96. The molecule has 1 spiro atoms. The quantitative estimate of drug-likeness (QED) is 0.891. The monoisotopic (exact) mass is 265 g/mol. The molecule has 0 amide bonds. The van der Waals surface area contributed by atoms with Gasteiger partial charge in [-0.25, -0.2) is 4.98 Å². The summed E-state index contributed by atoms with van der Waals surface area (Å²) in [6.07, 6.45) is 7.43. The lowest BCUT2D eigenvalue weighted by molar-refractivity contribution is 0.0415. The van der Waals surface area contributed by atoms with Gasteiger partial charge in [0.2, 0.25) is 0 Å². The van der Waals surface area contributed by atoms with Crippen molar-refractivity contribution >= 4 is 11.3 Å². The number of hydrogen-bond acceptors (Lipinski definition) is 4. The molecule has 100 valence electrons. The van der Waals surface area contributed by atoms with E-state index in [1.807, 2.05) is 6.20 Å². The molecule has 0 radical (unpaired) electrons. The van der Waals surface area contributed by atoms with E-state index in [1.54, 1.807) is 11.3 Å². The molecule has 18 heavy (non-hydrogen) atoms. The second-order valence-electron chi connectivity index (χ2n) is 5.90. The second-order valence-corrected chi connectivity index (χ2v) is 6.83. The van der Waals surface area contributed by atoms with E-state index in [1.165, 1.54) is 56.9 Å². The fourth-order valence-corrected chi connectivity index (χ4v) is 4.28. The molecule has 2 saturated heterocycles. The van der Waals surface area contributed by atoms with Crippen LogP contribution in [0.2, 0.25) is 0 Å². The van der Waals surface area contributed by atoms with Crippen molar-refractivity contribution in [2.45, 2.75) is 38.6 Å². The first kappa shape index (κ1) is 12.6. The van der Waals surface area contributed by atoms with Gasteiger partial charge in [-0.2, -0.15) is 0 Å². The normalized spacial score (nSPS) is 31.6. The molecule has 2 aliphatic heterocycles. The van der Waals surface area contributed by atoms with Crippen LogP contribution in [0, 0.1) is 5.41 Å². The van der Waals surface area contributed by atoms with Crippen LogP contribution in [-0.2, 0) is 0 Å². The Morgan fingerprint density at radius 3 is 3.06 bits per heavy atom. The molecule has 3 heterocycles. The van der Waals surface area contributed by atoms with E-state index in [0.29, 0.717) is 11.5 Å². The number of hydrogen-bond donors (Lipinski definition) is 1. The van der Waals surface area contributed by atoms with Gasteiger partial charge in [-0.15, -0.1) is 11.3 Å². The highest BCUT2D eigenvalue weighted by Crippen LogP contribution is 2.38. The summed E-state index contributed by atoms with van der Waals surface area (Å²) in [7, 11) is 0. The molecule has 1 N–H and O–H groups in total. The highest BCUT2D eigenvalue weighted by atomic mass is 32.1. The molecule has 0 bridgehead atoms. The Hall–Kier alpha value is -0.450. The predicted molar refractivity (Wildman–Crippen MR) is 75.9 cm³/mol. The van der Waals surface area contributed by atoms with Crippen LogP contribution in [0.3, 0.4) is 0 Å². The van der Waals surface area contributed by atoms with E-state index < -0.39 is 0 Å². The maximum absolute atomic E-state index is 4.49. The molecule has 3 nitrogen and oxygen atoms in total. The number of nitrogens with one attached hydrogen (secondary N) is 1. The van der Waals surface area contributed by atoms with Crippen molar-refractivity contribution in [2.75, 3.05) is 26.2 Å². The molecular weight excluding hydrogens is 242 g/mol. The summed E-state index contributed by atoms with van der Waals surface area (Å²) in [6, 6.07) is 0.490. The number of likely N-dealkylation sites (tertiary alicyclic amines) is 1. The van der Waals surface area contributed by atoms with E-state index >= 15 is 0 Å². The third kappa shape index (κ3) is 2.46. The number of thiazole rings is 1. The fourth-order valence-electron chi connectivity index (χ4n) is 3.55. The predicted octanol–water partition coefficient (Wildman–Crippen LogP) is 2.67. The Balaban J connectivity index is 1.70. The Bertz CT molecular complexity index is 365. The zero-order valence-corrected chi connectivity index (χ0v) is 12.0. The topological polar surface area (TPSA) is 28.2 Å². The highest BCUT2D eigenvalue weighted by Gasteiger charge is 2.38. The van der Waals surface area contributed by atoms with Gasteiger partial charge in [0.25, 0.3) is 0 Å². The third-order valence-electron chi connectivity index (χ3n) is 4.61. The average molecular weight is 265 g/mol. The molecule has 1 aromatic heterocycles. The van der Waals surface area contributed by atoms with Crippen LogP contribution in [0.5, 0.6) is 0 Å². The van der Waals surface area contributed by atoms with Gasteiger partial charge in [0.1, 0.15) is 5.01 Å².